The van der Waals surface area contributed by atoms with E-state index in [-0.39, 0.29) is 6.61 Å². The van der Waals surface area contributed by atoms with Gasteiger partial charge in [-0.15, -0.1) is 0 Å². The van der Waals surface area contributed by atoms with E-state index in [1.54, 1.807) is 0 Å². The zero-order valence-electron chi connectivity index (χ0n) is 12.9. The van der Waals surface area contributed by atoms with Gasteiger partial charge in [0.1, 0.15) is 12.2 Å². The van der Waals surface area contributed by atoms with Gasteiger partial charge in [0.05, 0.1) is 12.7 Å². The Hall–Kier alpha value is -1.72. The quantitative estimate of drug-likeness (QED) is 0.890. The SMILES string of the molecule is OC1COC(c2ccccc2)OC1[C@H](O)CCc1ccccc1. The molecule has 1 saturated heterocycles. The lowest BCUT2D eigenvalue weighted by Gasteiger charge is -2.36. The summed E-state index contributed by atoms with van der Waals surface area (Å²) >= 11 is 0. The van der Waals surface area contributed by atoms with Crippen molar-refractivity contribution in [2.45, 2.75) is 37.4 Å². The van der Waals surface area contributed by atoms with E-state index >= 15 is 0 Å². The maximum absolute atomic E-state index is 10.4. The highest BCUT2D eigenvalue weighted by molar-refractivity contribution is 5.17. The molecule has 0 spiro atoms. The monoisotopic (exact) mass is 314 g/mol. The standard InChI is InChI=1S/C19H22O4/c20-16(12-11-14-7-3-1-4-8-14)18-17(21)13-22-19(23-18)15-9-5-2-6-10-15/h1-10,16-21H,11-13H2/t16-,17?,18?,19?/m1/s1. The van der Waals surface area contributed by atoms with Gasteiger partial charge in [-0.3, -0.25) is 0 Å². The van der Waals surface area contributed by atoms with Crippen molar-refractivity contribution in [1.29, 1.82) is 0 Å². The van der Waals surface area contributed by atoms with Gasteiger partial charge in [0, 0.05) is 5.56 Å². The highest BCUT2D eigenvalue weighted by Gasteiger charge is 2.36. The summed E-state index contributed by atoms with van der Waals surface area (Å²) in [5.41, 5.74) is 2.05. The molecule has 2 aromatic rings. The first-order valence-corrected chi connectivity index (χ1v) is 7.96. The third kappa shape index (κ3) is 4.18. The van der Waals surface area contributed by atoms with Crippen LogP contribution in [0.25, 0.3) is 0 Å². The fourth-order valence-electron chi connectivity index (χ4n) is 2.81. The maximum Gasteiger partial charge on any atom is 0.184 e. The number of benzene rings is 2. The van der Waals surface area contributed by atoms with E-state index in [0.29, 0.717) is 6.42 Å². The third-order valence-electron chi connectivity index (χ3n) is 4.10. The van der Waals surface area contributed by atoms with Crippen LogP contribution in [0.4, 0.5) is 0 Å². The van der Waals surface area contributed by atoms with Crippen LogP contribution in [0.1, 0.15) is 23.8 Å². The highest BCUT2D eigenvalue weighted by Crippen LogP contribution is 2.28. The Kier molecular flexibility index (Phi) is 5.41. The Bertz CT molecular complexity index is 587. The van der Waals surface area contributed by atoms with E-state index in [1.807, 2.05) is 60.7 Å². The molecular weight excluding hydrogens is 292 g/mol. The van der Waals surface area contributed by atoms with Crippen molar-refractivity contribution in [3.05, 3.63) is 71.8 Å². The van der Waals surface area contributed by atoms with Crippen molar-refractivity contribution >= 4 is 0 Å². The Balaban J connectivity index is 1.60. The minimum atomic E-state index is -0.819. The average molecular weight is 314 g/mol. The minimum absolute atomic E-state index is 0.159. The molecule has 0 aliphatic carbocycles. The van der Waals surface area contributed by atoms with Gasteiger partial charge in [0.2, 0.25) is 0 Å². The van der Waals surface area contributed by atoms with Crippen molar-refractivity contribution < 1.29 is 19.7 Å². The Morgan fingerprint density at radius 1 is 1.00 bits per heavy atom. The normalized spacial score (nSPS) is 25.9. The second-order valence-electron chi connectivity index (χ2n) is 5.84. The van der Waals surface area contributed by atoms with Crippen molar-refractivity contribution in [3.63, 3.8) is 0 Å². The van der Waals surface area contributed by atoms with E-state index in [4.69, 9.17) is 9.47 Å². The van der Waals surface area contributed by atoms with Gasteiger partial charge in [-0.2, -0.15) is 0 Å². The molecule has 122 valence electrons. The van der Waals surface area contributed by atoms with Gasteiger partial charge in [0.25, 0.3) is 0 Å². The maximum atomic E-state index is 10.4. The van der Waals surface area contributed by atoms with Gasteiger partial charge in [-0.1, -0.05) is 60.7 Å². The zero-order valence-corrected chi connectivity index (χ0v) is 12.9. The summed E-state index contributed by atoms with van der Waals surface area (Å²) in [5.74, 6) is 0. The molecule has 0 saturated carbocycles. The first-order valence-electron chi connectivity index (χ1n) is 7.96. The highest BCUT2D eigenvalue weighted by atomic mass is 16.7. The topological polar surface area (TPSA) is 58.9 Å². The fraction of sp³-hybridized carbons (Fsp3) is 0.368. The van der Waals surface area contributed by atoms with E-state index in [1.165, 1.54) is 0 Å². The third-order valence-corrected chi connectivity index (χ3v) is 4.10. The first kappa shape index (κ1) is 16.1. The largest absolute Gasteiger partial charge is 0.390 e. The summed E-state index contributed by atoms with van der Waals surface area (Å²) in [5, 5.41) is 20.5. The molecular formula is C19H22O4. The van der Waals surface area contributed by atoms with Crippen LogP contribution in [0.3, 0.4) is 0 Å². The van der Waals surface area contributed by atoms with Crippen molar-refractivity contribution in [3.8, 4) is 0 Å². The molecule has 4 atom stereocenters. The molecule has 2 N–H and O–H groups in total. The second-order valence-corrected chi connectivity index (χ2v) is 5.84. The molecule has 3 unspecified atom stereocenters. The molecule has 1 fully saturated rings. The number of hydrogen-bond acceptors (Lipinski definition) is 4. The van der Waals surface area contributed by atoms with Crippen LogP contribution < -0.4 is 0 Å². The van der Waals surface area contributed by atoms with Crippen LogP contribution >= 0.6 is 0 Å². The summed E-state index contributed by atoms with van der Waals surface area (Å²) in [6.07, 6.45) is -1.46. The van der Waals surface area contributed by atoms with Gasteiger partial charge < -0.3 is 19.7 Å². The first-order chi connectivity index (χ1) is 11.2. The second kappa shape index (κ2) is 7.70. The van der Waals surface area contributed by atoms with Crippen LogP contribution in [-0.2, 0) is 15.9 Å². The van der Waals surface area contributed by atoms with Crippen molar-refractivity contribution in [2.75, 3.05) is 6.61 Å². The molecule has 4 heteroatoms. The van der Waals surface area contributed by atoms with Crippen LogP contribution in [-0.4, -0.2) is 35.1 Å². The predicted octanol–water partition coefficient (Wildman–Crippen LogP) is 2.46. The number of aryl methyl sites for hydroxylation is 1. The van der Waals surface area contributed by atoms with Crippen LogP contribution in [0.5, 0.6) is 0 Å². The molecule has 1 aliphatic rings. The lowest BCUT2D eigenvalue weighted by atomic mass is 9.99. The molecule has 4 nitrogen and oxygen atoms in total. The minimum Gasteiger partial charge on any atom is -0.390 e. The van der Waals surface area contributed by atoms with E-state index in [9.17, 15) is 10.2 Å². The summed E-state index contributed by atoms with van der Waals surface area (Å²) in [6, 6.07) is 19.6. The molecule has 1 aliphatic heterocycles. The van der Waals surface area contributed by atoms with Crippen molar-refractivity contribution in [2.24, 2.45) is 0 Å². The smallest absolute Gasteiger partial charge is 0.184 e. The Morgan fingerprint density at radius 2 is 1.65 bits per heavy atom. The summed E-state index contributed by atoms with van der Waals surface area (Å²) in [6.45, 7) is 0.159. The number of rotatable bonds is 5. The lowest BCUT2D eigenvalue weighted by Crippen LogP contribution is -2.47. The number of hydrogen-bond donors (Lipinski definition) is 2. The molecule has 0 amide bonds. The molecule has 0 aromatic heterocycles. The molecule has 2 aromatic carbocycles. The summed E-state index contributed by atoms with van der Waals surface area (Å²) in [4.78, 5) is 0. The Morgan fingerprint density at radius 3 is 2.35 bits per heavy atom. The van der Waals surface area contributed by atoms with Crippen molar-refractivity contribution in [1.82, 2.24) is 0 Å². The molecule has 0 radical (unpaired) electrons. The molecule has 3 rings (SSSR count). The van der Waals surface area contributed by atoms with Gasteiger partial charge in [-0.25, -0.2) is 0 Å². The average Bonchev–Trinajstić information content (AvgIpc) is 2.62. The lowest BCUT2D eigenvalue weighted by molar-refractivity contribution is -0.276. The predicted molar refractivity (Wildman–Crippen MR) is 86.8 cm³/mol. The molecule has 0 bridgehead atoms. The van der Waals surface area contributed by atoms with E-state index in [2.05, 4.69) is 0 Å². The van der Waals surface area contributed by atoms with E-state index in [0.717, 1.165) is 17.5 Å². The fourth-order valence-corrected chi connectivity index (χ4v) is 2.81. The number of ether oxygens (including phenoxy) is 2. The zero-order chi connectivity index (χ0) is 16.1. The number of aliphatic hydroxyl groups is 2. The van der Waals surface area contributed by atoms with E-state index < -0.39 is 24.6 Å². The van der Waals surface area contributed by atoms with Gasteiger partial charge in [0.15, 0.2) is 6.29 Å². The van der Waals surface area contributed by atoms with Crippen LogP contribution in [0.2, 0.25) is 0 Å². The summed E-state index contributed by atoms with van der Waals surface area (Å²) in [7, 11) is 0. The summed E-state index contributed by atoms with van der Waals surface area (Å²) < 4.78 is 11.3. The molecule has 23 heavy (non-hydrogen) atoms. The van der Waals surface area contributed by atoms with Crippen LogP contribution in [0.15, 0.2) is 60.7 Å². The number of aliphatic hydroxyl groups excluding tert-OH is 2. The van der Waals surface area contributed by atoms with Gasteiger partial charge in [-0.05, 0) is 18.4 Å². The molecule has 1 heterocycles. The van der Waals surface area contributed by atoms with Crippen LogP contribution in [0, 0.1) is 0 Å². The van der Waals surface area contributed by atoms with Gasteiger partial charge >= 0.3 is 0 Å². The Labute approximate surface area is 136 Å².